The molecule has 1 rings (SSSR count). The highest BCUT2D eigenvalue weighted by Gasteiger charge is 2.14. The van der Waals surface area contributed by atoms with Crippen molar-refractivity contribution in [2.45, 2.75) is 4.90 Å². The fraction of sp³-hybridized carbons (Fsp3) is 0. The topological polar surface area (TPSA) is 104 Å². The lowest BCUT2D eigenvalue weighted by Crippen LogP contribution is -2.05. The maximum atomic E-state index is 11.0. The van der Waals surface area contributed by atoms with Crippen LogP contribution in [0, 0.1) is 0 Å². The second-order valence-corrected chi connectivity index (χ2v) is 4.88. The number of rotatable bonds is 4. The number of hydrogen-bond acceptors (Lipinski definition) is 3. The van der Waals surface area contributed by atoms with Gasteiger partial charge in [-0.3, -0.25) is 13.8 Å². The van der Waals surface area contributed by atoms with Crippen LogP contribution in [0.15, 0.2) is 29.7 Å². The molecule has 16 heavy (non-hydrogen) atoms. The van der Waals surface area contributed by atoms with Crippen LogP contribution in [0.25, 0.3) is 6.08 Å². The minimum atomic E-state index is -4.40. The molecule has 1 atom stereocenters. The Balaban J connectivity index is 3.33. The van der Waals surface area contributed by atoms with Crippen molar-refractivity contribution in [2.24, 2.45) is 0 Å². The molecule has 0 aliphatic carbocycles. The smallest absolute Gasteiger partial charge is 0.289 e. The second-order valence-electron chi connectivity index (χ2n) is 2.78. The van der Waals surface area contributed by atoms with Crippen LogP contribution in [0.4, 0.5) is 5.69 Å². The van der Waals surface area contributed by atoms with E-state index in [1.807, 2.05) is 0 Å². The Kier molecular flexibility index (Phi) is 3.81. The molecule has 0 heterocycles. The number of nitrogens with one attached hydrogen (secondary N) is 1. The monoisotopic (exact) mass is 263 g/mol. The third-order valence-electron chi connectivity index (χ3n) is 1.72. The summed E-state index contributed by atoms with van der Waals surface area (Å²) >= 11 is -2.31. The van der Waals surface area contributed by atoms with Gasteiger partial charge in [-0.2, -0.15) is 8.42 Å². The summed E-state index contributed by atoms with van der Waals surface area (Å²) in [6, 6.07) is 3.78. The zero-order valence-corrected chi connectivity index (χ0v) is 9.59. The van der Waals surface area contributed by atoms with E-state index >= 15 is 0 Å². The summed E-state index contributed by atoms with van der Waals surface area (Å²) in [7, 11) is -4.40. The van der Waals surface area contributed by atoms with Crippen molar-refractivity contribution in [1.29, 1.82) is 0 Å². The van der Waals surface area contributed by atoms with E-state index < -0.39 is 21.4 Å². The van der Waals surface area contributed by atoms with Gasteiger partial charge in [0, 0.05) is 5.69 Å². The van der Waals surface area contributed by atoms with Crippen LogP contribution < -0.4 is 4.72 Å². The van der Waals surface area contributed by atoms with E-state index in [2.05, 4.69) is 11.3 Å². The molecule has 0 amide bonds. The van der Waals surface area contributed by atoms with Crippen molar-refractivity contribution in [3.63, 3.8) is 0 Å². The van der Waals surface area contributed by atoms with Crippen LogP contribution >= 0.6 is 0 Å². The third-order valence-corrected chi connectivity index (χ3v) is 3.04. The molecule has 0 fully saturated rings. The zero-order valence-electron chi connectivity index (χ0n) is 7.95. The van der Waals surface area contributed by atoms with E-state index in [4.69, 9.17) is 9.11 Å². The quantitative estimate of drug-likeness (QED) is 0.558. The van der Waals surface area contributed by atoms with E-state index in [9.17, 15) is 12.6 Å². The van der Waals surface area contributed by atoms with Gasteiger partial charge in [-0.1, -0.05) is 18.7 Å². The third kappa shape index (κ3) is 3.14. The van der Waals surface area contributed by atoms with Crippen molar-refractivity contribution in [3.8, 4) is 0 Å². The van der Waals surface area contributed by atoms with Gasteiger partial charge < -0.3 is 0 Å². The summed E-state index contributed by atoms with van der Waals surface area (Å²) in [4.78, 5) is -0.377. The highest BCUT2D eigenvalue weighted by atomic mass is 32.2. The van der Waals surface area contributed by atoms with Crippen molar-refractivity contribution >= 4 is 33.1 Å². The molecular weight excluding hydrogens is 254 g/mol. The molecule has 1 aromatic rings. The van der Waals surface area contributed by atoms with E-state index in [-0.39, 0.29) is 16.1 Å². The van der Waals surface area contributed by atoms with Gasteiger partial charge in [0.15, 0.2) is 0 Å². The van der Waals surface area contributed by atoms with E-state index in [1.54, 1.807) is 0 Å². The molecule has 0 radical (unpaired) electrons. The lowest BCUT2D eigenvalue weighted by Gasteiger charge is -2.06. The van der Waals surface area contributed by atoms with Gasteiger partial charge in [0.2, 0.25) is 0 Å². The largest absolute Gasteiger partial charge is 0.295 e. The summed E-state index contributed by atoms with van der Waals surface area (Å²) in [6.07, 6.45) is 1.25. The molecular formula is C8H9NO5S2. The highest BCUT2D eigenvalue weighted by molar-refractivity contribution is 7.86. The minimum Gasteiger partial charge on any atom is -0.289 e. The van der Waals surface area contributed by atoms with Crippen LogP contribution in [0.1, 0.15) is 5.56 Å². The van der Waals surface area contributed by atoms with Crippen LogP contribution in [0.5, 0.6) is 0 Å². The lowest BCUT2D eigenvalue weighted by atomic mass is 10.2. The minimum absolute atomic E-state index is 0.0964. The molecule has 0 saturated carbocycles. The molecule has 6 nitrogen and oxygen atoms in total. The summed E-state index contributed by atoms with van der Waals surface area (Å²) in [5, 5.41) is 0. The van der Waals surface area contributed by atoms with Gasteiger partial charge in [-0.25, -0.2) is 4.21 Å². The Morgan fingerprint density at radius 3 is 2.50 bits per heavy atom. The Labute approximate surface area is 95.2 Å². The number of anilines is 1. The Bertz CT molecular complexity index is 537. The van der Waals surface area contributed by atoms with Crippen LogP contribution in [-0.4, -0.2) is 21.7 Å². The first-order valence-corrected chi connectivity index (χ1v) is 6.51. The SMILES string of the molecule is C=Cc1ccc(NS(=O)O)cc1S(=O)(=O)O. The van der Waals surface area contributed by atoms with Gasteiger partial charge in [0.1, 0.15) is 4.90 Å². The van der Waals surface area contributed by atoms with Crippen molar-refractivity contribution in [3.05, 3.63) is 30.3 Å². The van der Waals surface area contributed by atoms with Crippen LogP contribution in [0.2, 0.25) is 0 Å². The van der Waals surface area contributed by atoms with E-state index in [1.165, 1.54) is 18.2 Å². The summed E-state index contributed by atoms with van der Waals surface area (Å²) in [5.74, 6) is 0. The van der Waals surface area contributed by atoms with Gasteiger partial charge in [0.05, 0.1) is 0 Å². The summed E-state index contributed by atoms with van der Waals surface area (Å²) < 4.78 is 52.0. The first-order chi connectivity index (χ1) is 7.34. The molecule has 0 saturated heterocycles. The van der Waals surface area contributed by atoms with Gasteiger partial charge >= 0.3 is 0 Å². The first-order valence-electron chi connectivity index (χ1n) is 3.96. The molecule has 0 aliphatic heterocycles. The zero-order chi connectivity index (χ0) is 12.3. The van der Waals surface area contributed by atoms with Gasteiger partial charge in [0.25, 0.3) is 21.4 Å². The fourth-order valence-corrected chi connectivity index (χ4v) is 2.14. The number of hydrogen-bond donors (Lipinski definition) is 3. The molecule has 0 aliphatic rings. The predicted octanol–water partition coefficient (Wildman–Crippen LogP) is 1.12. The molecule has 0 aromatic heterocycles. The standard InChI is InChI=1S/C8H9NO5S2/c1-2-6-3-4-7(9-15(10)11)5-8(6)16(12,13)14/h2-5,9H,1H2,(H,10,11)(H,12,13,14). The average molecular weight is 263 g/mol. The summed E-state index contributed by atoms with van der Waals surface area (Å²) in [5.41, 5.74) is 0.302. The van der Waals surface area contributed by atoms with Crippen LogP contribution in [0.3, 0.4) is 0 Å². The Morgan fingerprint density at radius 2 is 2.06 bits per heavy atom. The summed E-state index contributed by atoms with van der Waals surface area (Å²) in [6.45, 7) is 3.39. The molecule has 0 bridgehead atoms. The maximum absolute atomic E-state index is 11.0. The lowest BCUT2D eigenvalue weighted by molar-refractivity contribution is 0.483. The van der Waals surface area contributed by atoms with Gasteiger partial charge in [-0.15, -0.1) is 0 Å². The van der Waals surface area contributed by atoms with Crippen LogP contribution in [-0.2, 0) is 21.4 Å². The Morgan fingerprint density at radius 1 is 1.44 bits per heavy atom. The first kappa shape index (κ1) is 12.8. The normalized spacial score (nSPS) is 13.1. The molecule has 8 heteroatoms. The predicted molar refractivity (Wildman–Crippen MR) is 60.7 cm³/mol. The van der Waals surface area contributed by atoms with E-state index in [0.29, 0.717) is 0 Å². The van der Waals surface area contributed by atoms with Crippen molar-refractivity contribution in [2.75, 3.05) is 4.72 Å². The molecule has 1 unspecified atom stereocenters. The second kappa shape index (κ2) is 4.74. The van der Waals surface area contributed by atoms with Crippen molar-refractivity contribution < 1.29 is 21.7 Å². The average Bonchev–Trinajstić information content (AvgIpc) is 2.15. The van der Waals surface area contributed by atoms with Gasteiger partial charge in [-0.05, 0) is 17.7 Å². The molecule has 0 spiro atoms. The fourth-order valence-electron chi connectivity index (χ4n) is 1.09. The maximum Gasteiger partial charge on any atom is 0.295 e. The molecule has 3 N–H and O–H groups in total. The molecule has 1 aromatic carbocycles. The molecule has 88 valence electrons. The van der Waals surface area contributed by atoms with E-state index in [0.717, 1.165) is 6.07 Å². The number of benzene rings is 1. The Hall–Kier alpha value is -1.22. The van der Waals surface area contributed by atoms with Crippen molar-refractivity contribution in [1.82, 2.24) is 0 Å². The highest BCUT2D eigenvalue weighted by Crippen LogP contribution is 2.21.